The van der Waals surface area contributed by atoms with Crippen LogP contribution in [0, 0.1) is 36.9 Å². The molecule has 4 heterocycles. The zero-order valence-corrected chi connectivity index (χ0v) is 29.2. The minimum Gasteiger partial charge on any atom is -0.491 e. The lowest BCUT2D eigenvalue weighted by molar-refractivity contribution is 0.0690. The molecule has 3 N–H and O–H groups in total. The van der Waals surface area contributed by atoms with E-state index in [1.54, 1.807) is 23.5 Å². The number of fused-ring (bicyclic) bond motifs is 2. The number of terminal acetylenes is 1. The van der Waals surface area contributed by atoms with Crippen molar-refractivity contribution < 1.29 is 19.0 Å². The van der Waals surface area contributed by atoms with Gasteiger partial charge in [0.2, 0.25) is 0 Å². The highest BCUT2D eigenvalue weighted by atomic mass is 32.1. The molecule has 0 saturated carbocycles. The van der Waals surface area contributed by atoms with E-state index in [1.165, 1.54) is 17.4 Å². The zero-order valence-electron chi connectivity index (χ0n) is 27.6. The molecule has 0 fully saturated rings. The number of aryl methyl sites for hydroxylation is 1. The van der Waals surface area contributed by atoms with E-state index in [1.807, 2.05) is 36.1 Å². The van der Waals surface area contributed by atoms with Crippen LogP contribution < -0.4 is 20.3 Å². The van der Waals surface area contributed by atoms with Crippen molar-refractivity contribution >= 4 is 60.8 Å². The van der Waals surface area contributed by atoms with Crippen LogP contribution in [0.4, 0.5) is 26.3 Å². The molecule has 5 aromatic rings. The van der Waals surface area contributed by atoms with Crippen molar-refractivity contribution in [1.29, 1.82) is 0 Å². The molecule has 13 heteroatoms. The van der Waals surface area contributed by atoms with Crippen LogP contribution in [-0.2, 0) is 12.8 Å². The van der Waals surface area contributed by atoms with E-state index in [2.05, 4.69) is 48.6 Å². The number of carboxylic acid groups (broad SMARTS) is 1. The number of halogens is 1. The predicted octanol–water partition coefficient (Wildman–Crippen LogP) is 7.27. The topological polar surface area (TPSA) is 125 Å². The largest absolute Gasteiger partial charge is 0.491 e. The fourth-order valence-electron chi connectivity index (χ4n) is 5.59. The van der Waals surface area contributed by atoms with E-state index in [-0.39, 0.29) is 18.1 Å². The van der Waals surface area contributed by atoms with Gasteiger partial charge in [-0.15, -0.1) is 33.9 Å². The van der Waals surface area contributed by atoms with Crippen LogP contribution in [0.1, 0.15) is 64.2 Å². The number of hydrogen-bond donors (Lipinski definition) is 3. The summed E-state index contributed by atoms with van der Waals surface area (Å²) in [6.45, 7) is 4.20. The summed E-state index contributed by atoms with van der Waals surface area (Å²) in [5.41, 5.74) is 3.50. The van der Waals surface area contributed by atoms with Crippen LogP contribution in [0.5, 0.6) is 5.75 Å². The third kappa shape index (κ3) is 8.37. The average molecular weight is 710 g/mol. The summed E-state index contributed by atoms with van der Waals surface area (Å²) in [6.07, 6.45) is 10.6. The Labute approximate surface area is 298 Å². The van der Waals surface area contributed by atoms with E-state index < -0.39 is 11.8 Å². The molecule has 10 nitrogen and oxygen atoms in total. The highest BCUT2D eigenvalue weighted by Gasteiger charge is 2.28. The van der Waals surface area contributed by atoms with Gasteiger partial charge in [-0.3, -0.25) is 0 Å². The molecule has 1 aliphatic heterocycles. The Kier molecular flexibility index (Phi) is 11.5. The minimum absolute atomic E-state index is 0.00657. The number of nitrogens with zero attached hydrogens (tertiary/aromatic N) is 5. The van der Waals surface area contributed by atoms with Gasteiger partial charge in [-0.05, 0) is 82.3 Å². The third-order valence-electron chi connectivity index (χ3n) is 8.13. The van der Waals surface area contributed by atoms with E-state index in [4.69, 9.17) is 11.2 Å². The van der Waals surface area contributed by atoms with Crippen LogP contribution in [0.3, 0.4) is 0 Å². The van der Waals surface area contributed by atoms with Crippen molar-refractivity contribution in [2.45, 2.75) is 51.9 Å². The molecule has 0 radical (unpaired) electrons. The number of anilines is 4. The minimum atomic E-state index is -1.10. The van der Waals surface area contributed by atoms with Gasteiger partial charge < -0.3 is 25.4 Å². The summed E-state index contributed by atoms with van der Waals surface area (Å²) in [6, 6.07) is 12.6. The maximum Gasteiger partial charge on any atom is 0.355 e. The first kappa shape index (κ1) is 34.8. The lowest BCUT2D eigenvalue weighted by atomic mass is 10.0. The van der Waals surface area contributed by atoms with E-state index in [0.717, 1.165) is 65.1 Å². The lowest BCUT2D eigenvalue weighted by Gasteiger charge is -2.28. The van der Waals surface area contributed by atoms with Gasteiger partial charge in [0.05, 0.1) is 23.4 Å². The summed E-state index contributed by atoms with van der Waals surface area (Å²) in [5.74, 6) is 8.43. The first-order valence-electron chi connectivity index (χ1n) is 16.5. The highest BCUT2D eigenvalue weighted by Crippen LogP contribution is 2.39. The lowest BCUT2D eigenvalue weighted by Crippen LogP contribution is -2.27. The van der Waals surface area contributed by atoms with Crippen molar-refractivity contribution in [3.05, 3.63) is 75.5 Å². The number of hydrogen-bond acceptors (Lipinski definition) is 11. The predicted molar refractivity (Wildman–Crippen MR) is 197 cm³/mol. The average Bonchev–Trinajstić information content (AvgIpc) is 3.74. The number of rotatable bonds is 14. The summed E-state index contributed by atoms with van der Waals surface area (Å²) in [5, 5.41) is 26.9. The summed E-state index contributed by atoms with van der Waals surface area (Å²) in [7, 11) is 0. The molecule has 50 heavy (non-hydrogen) atoms. The van der Waals surface area contributed by atoms with Gasteiger partial charge in [0, 0.05) is 34.5 Å². The fourth-order valence-corrected chi connectivity index (χ4v) is 7.57. The van der Waals surface area contributed by atoms with Gasteiger partial charge >= 0.3 is 5.97 Å². The van der Waals surface area contributed by atoms with E-state index in [0.29, 0.717) is 53.1 Å². The Morgan fingerprint density at radius 2 is 2.02 bits per heavy atom. The molecule has 3 aromatic heterocycles. The number of ether oxygens (including phenoxy) is 1. The van der Waals surface area contributed by atoms with Gasteiger partial charge in [0.1, 0.15) is 0 Å². The molecular formula is C37H36FN7O3S2. The number of aromatic carboxylic acids is 1. The number of carbonyl (C=O) groups is 1. The number of benzene rings is 2. The maximum atomic E-state index is 14.7. The second kappa shape index (κ2) is 16.5. The van der Waals surface area contributed by atoms with Gasteiger partial charge in [-0.1, -0.05) is 35.3 Å². The third-order valence-corrected chi connectivity index (χ3v) is 10.2. The number of carboxylic acids is 1. The van der Waals surface area contributed by atoms with E-state index >= 15 is 0 Å². The Morgan fingerprint density at radius 1 is 1.14 bits per heavy atom. The Hall–Kier alpha value is -5.08. The molecule has 0 unspecified atom stereocenters. The molecule has 256 valence electrons. The summed E-state index contributed by atoms with van der Waals surface area (Å²) >= 11 is 2.88. The molecule has 0 bridgehead atoms. The second-order valence-electron chi connectivity index (χ2n) is 11.7. The van der Waals surface area contributed by atoms with Crippen LogP contribution in [-0.4, -0.2) is 57.5 Å². The smallest absolute Gasteiger partial charge is 0.355 e. The Balaban J connectivity index is 1.06. The van der Waals surface area contributed by atoms with Crippen LogP contribution >= 0.6 is 22.7 Å². The number of aromatic nitrogens is 4. The van der Waals surface area contributed by atoms with Gasteiger partial charge in [0.15, 0.2) is 39.2 Å². The normalized spacial score (nSPS) is 12.2. The molecule has 0 aliphatic carbocycles. The molecular weight excluding hydrogens is 674 g/mol. The van der Waals surface area contributed by atoms with Crippen molar-refractivity contribution in [2.75, 3.05) is 36.5 Å². The van der Waals surface area contributed by atoms with Gasteiger partial charge in [-0.25, -0.2) is 19.2 Å². The standard InChI is InChI=1S/C37H36FN7O3S2/c1-3-4-5-8-19-39-20-9-12-25-17-18-29(27(38)23-25)48-22-11-16-31-32(35(46)47)41-37(50-31)45-21-10-13-26-24(2)33(43-44-34(26)45)42-36-40-28-14-6-7-15-30(28)49-36/h1,6-7,14-15,17-18,23,39H,4-5,8,10-11,13,16,19-22H2,2H3,(H,46,47)(H,40,42,43). The molecule has 1 aliphatic rings. The van der Waals surface area contributed by atoms with Crippen molar-refractivity contribution in [3.8, 4) is 29.9 Å². The summed E-state index contributed by atoms with van der Waals surface area (Å²) in [4.78, 5) is 23.9. The number of unbranched alkanes of at least 4 members (excludes halogenated alkanes) is 2. The number of thiazole rings is 2. The molecule has 6 rings (SSSR count). The fraction of sp³-hybridized carbons (Fsp3) is 0.324. The van der Waals surface area contributed by atoms with Gasteiger partial charge in [0.25, 0.3) is 0 Å². The highest BCUT2D eigenvalue weighted by molar-refractivity contribution is 7.22. The van der Waals surface area contributed by atoms with Crippen LogP contribution in [0.2, 0.25) is 0 Å². The number of nitrogens with one attached hydrogen (secondary N) is 2. The Morgan fingerprint density at radius 3 is 2.84 bits per heavy atom. The van der Waals surface area contributed by atoms with Gasteiger partial charge in [-0.2, -0.15) is 0 Å². The van der Waals surface area contributed by atoms with Crippen LogP contribution in [0.15, 0.2) is 42.5 Å². The van der Waals surface area contributed by atoms with Crippen molar-refractivity contribution in [3.63, 3.8) is 0 Å². The first-order chi connectivity index (χ1) is 24.4. The van der Waals surface area contributed by atoms with E-state index in [9.17, 15) is 14.3 Å². The van der Waals surface area contributed by atoms with Crippen LogP contribution in [0.25, 0.3) is 10.2 Å². The molecule has 0 amide bonds. The second-order valence-corrected chi connectivity index (χ2v) is 13.7. The maximum absolute atomic E-state index is 14.7. The molecule has 2 aromatic carbocycles. The van der Waals surface area contributed by atoms with Crippen molar-refractivity contribution in [1.82, 2.24) is 25.5 Å². The number of para-hydroxylation sites is 1. The summed E-state index contributed by atoms with van der Waals surface area (Å²) < 4.78 is 21.5. The zero-order chi connectivity index (χ0) is 34.9. The van der Waals surface area contributed by atoms with Crippen molar-refractivity contribution in [2.24, 2.45) is 0 Å². The monoisotopic (exact) mass is 709 g/mol. The molecule has 0 saturated heterocycles. The molecule has 0 atom stereocenters. The quantitative estimate of drug-likeness (QED) is 0.0801. The first-order valence-corrected chi connectivity index (χ1v) is 18.1. The molecule has 0 spiro atoms. The SMILES string of the molecule is C#CCCCCNCC#Cc1ccc(OCCCc2sc(N3CCCc4c3nnc(Nc3nc5ccccc5s3)c4C)nc2C(=O)O)c(F)c1. The Bertz CT molecular complexity index is 2060.